The Morgan fingerprint density at radius 1 is 1.65 bits per heavy atom. The van der Waals surface area contributed by atoms with Gasteiger partial charge in [-0.3, -0.25) is 4.79 Å². The maximum atomic E-state index is 12.1. The molecule has 4 nitrogen and oxygen atoms in total. The minimum absolute atomic E-state index is 0.137. The first kappa shape index (κ1) is 14.8. The Balaban J connectivity index is 2.67. The van der Waals surface area contributed by atoms with Gasteiger partial charge in [-0.2, -0.15) is 11.8 Å². The third kappa shape index (κ3) is 3.60. The quantitative estimate of drug-likeness (QED) is 0.639. The summed E-state index contributed by atoms with van der Waals surface area (Å²) in [5, 5.41) is 12.4. The summed E-state index contributed by atoms with van der Waals surface area (Å²) in [6.07, 6.45) is 2.15. The Hall–Kier alpha value is -0.260. The number of ether oxygens (including phenoxy) is 1. The zero-order valence-electron chi connectivity index (χ0n) is 10.9. The average molecular weight is 261 g/mol. The van der Waals surface area contributed by atoms with Crippen molar-refractivity contribution in [2.45, 2.75) is 37.5 Å². The van der Waals surface area contributed by atoms with Crippen LogP contribution < -0.4 is 5.32 Å². The van der Waals surface area contributed by atoms with Crippen LogP contribution in [0.3, 0.4) is 0 Å². The van der Waals surface area contributed by atoms with Crippen LogP contribution >= 0.6 is 11.8 Å². The Bertz CT molecular complexity index is 258. The third-order valence-corrected chi connectivity index (χ3v) is 4.55. The smallest absolute Gasteiger partial charge is 0.327 e. The minimum Gasteiger partial charge on any atom is -0.465 e. The van der Waals surface area contributed by atoms with Gasteiger partial charge < -0.3 is 15.2 Å². The zero-order valence-corrected chi connectivity index (χ0v) is 11.7. The molecule has 0 radical (unpaired) electrons. The summed E-state index contributed by atoms with van der Waals surface area (Å²) in [7, 11) is 1.82. The lowest BCUT2D eigenvalue weighted by Gasteiger charge is -2.31. The molecule has 0 heterocycles. The number of hydrogen-bond acceptors (Lipinski definition) is 5. The van der Waals surface area contributed by atoms with Crippen LogP contribution in [0.25, 0.3) is 0 Å². The number of nitrogens with one attached hydrogen (secondary N) is 1. The van der Waals surface area contributed by atoms with E-state index in [1.165, 1.54) is 0 Å². The molecule has 0 aliphatic heterocycles. The molecule has 0 aromatic rings. The normalized spacial score (nSPS) is 20.7. The molecule has 0 aromatic heterocycles. The predicted molar refractivity (Wildman–Crippen MR) is 70.2 cm³/mol. The fourth-order valence-corrected chi connectivity index (χ4v) is 3.03. The second-order valence-corrected chi connectivity index (χ2v) is 5.95. The monoisotopic (exact) mass is 261 g/mol. The lowest BCUT2D eigenvalue weighted by Crippen LogP contribution is -2.55. The summed E-state index contributed by atoms with van der Waals surface area (Å²) < 4.78 is 5.19. The summed E-state index contributed by atoms with van der Waals surface area (Å²) in [5.41, 5.74) is -0.565. The first-order chi connectivity index (χ1) is 8.10. The van der Waals surface area contributed by atoms with Gasteiger partial charge in [0.25, 0.3) is 0 Å². The second-order valence-electron chi connectivity index (χ2n) is 4.52. The number of carbonyl (C=O) groups excluding carboxylic acids is 1. The van der Waals surface area contributed by atoms with E-state index >= 15 is 0 Å². The van der Waals surface area contributed by atoms with Crippen LogP contribution in [-0.2, 0) is 9.53 Å². The summed E-state index contributed by atoms with van der Waals surface area (Å²) >= 11 is 1.62. The van der Waals surface area contributed by atoms with Crippen molar-refractivity contribution in [2.75, 3.05) is 26.0 Å². The molecule has 1 aliphatic rings. The molecule has 17 heavy (non-hydrogen) atoms. The molecule has 1 saturated carbocycles. The molecule has 1 rings (SSSR count). The topological polar surface area (TPSA) is 58.6 Å². The Morgan fingerprint density at radius 2 is 2.29 bits per heavy atom. The third-order valence-electron chi connectivity index (χ3n) is 3.21. The van der Waals surface area contributed by atoms with Crippen molar-refractivity contribution in [1.29, 1.82) is 0 Å². The molecular formula is C12H23NO3S. The van der Waals surface area contributed by atoms with Gasteiger partial charge in [-0.1, -0.05) is 6.92 Å². The summed E-state index contributed by atoms with van der Waals surface area (Å²) in [6, 6.07) is 0. The van der Waals surface area contributed by atoms with E-state index in [0.29, 0.717) is 18.3 Å². The first-order valence-corrected chi connectivity index (χ1v) is 7.24. The Kier molecular flexibility index (Phi) is 5.76. The maximum absolute atomic E-state index is 12.1. The van der Waals surface area contributed by atoms with Crippen molar-refractivity contribution in [1.82, 2.24) is 5.32 Å². The van der Waals surface area contributed by atoms with E-state index in [0.717, 1.165) is 12.8 Å². The highest BCUT2D eigenvalue weighted by Gasteiger charge is 2.51. The van der Waals surface area contributed by atoms with Gasteiger partial charge in [-0.25, -0.2) is 0 Å². The molecular weight excluding hydrogens is 238 g/mol. The van der Waals surface area contributed by atoms with E-state index in [1.54, 1.807) is 11.8 Å². The van der Waals surface area contributed by atoms with E-state index in [9.17, 15) is 4.79 Å². The highest BCUT2D eigenvalue weighted by Crippen LogP contribution is 2.42. The number of likely N-dealkylation sites (N-methyl/N-ethyl adjacent to an activating group) is 1. The first-order valence-electron chi connectivity index (χ1n) is 6.19. The molecule has 0 amide bonds. The van der Waals surface area contributed by atoms with Crippen molar-refractivity contribution in [2.24, 2.45) is 5.92 Å². The van der Waals surface area contributed by atoms with E-state index < -0.39 is 5.54 Å². The van der Waals surface area contributed by atoms with E-state index in [1.807, 2.05) is 20.9 Å². The van der Waals surface area contributed by atoms with E-state index in [2.05, 4.69) is 5.32 Å². The van der Waals surface area contributed by atoms with Crippen LogP contribution in [0.1, 0.15) is 26.7 Å². The predicted octanol–water partition coefficient (Wildman–Crippen LogP) is 1.03. The molecule has 0 bridgehead atoms. The highest BCUT2D eigenvalue weighted by molar-refractivity contribution is 8.00. The minimum atomic E-state index is -0.565. The number of hydrogen-bond donors (Lipinski definition) is 2. The van der Waals surface area contributed by atoms with Crippen molar-refractivity contribution in [3.05, 3.63) is 0 Å². The molecule has 2 N–H and O–H groups in total. The van der Waals surface area contributed by atoms with Gasteiger partial charge >= 0.3 is 5.97 Å². The fourth-order valence-electron chi connectivity index (χ4n) is 1.88. The molecule has 1 aliphatic carbocycles. The van der Waals surface area contributed by atoms with Gasteiger partial charge in [0.05, 0.1) is 13.2 Å². The Labute approximate surface area is 107 Å². The van der Waals surface area contributed by atoms with Gasteiger partial charge in [0.2, 0.25) is 0 Å². The van der Waals surface area contributed by atoms with Crippen molar-refractivity contribution in [3.8, 4) is 0 Å². The maximum Gasteiger partial charge on any atom is 0.327 e. The number of rotatable bonds is 8. The van der Waals surface area contributed by atoms with Crippen LogP contribution in [0.4, 0.5) is 0 Å². The van der Waals surface area contributed by atoms with Crippen LogP contribution in [0.5, 0.6) is 0 Å². The SMILES string of the molecule is CCOC(=O)C(CSC(C)CO)(NC)C1CC1. The molecule has 5 heteroatoms. The standard InChI is InChI=1S/C12H23NO3S/c1-4-16-11(15)12(13-3,10-5-6-10)8-17-9(2)7-14/h9-10,13-14H,4-8H2,1-3H3. The lowest BCUT2D eigenvalue weighted by molar-refractivity contribution is -0.151. The molecule has 1 fully saturated rings. The van der Waals surface area contributed by atoms with Crippen LogP contribution in [0.2, 0.25) is 0 Å². The van der Waals surface area contributed by atoms with Gasteiger partial charge in [-0.15, -0.1) is 0 Å². The van der Waals surface area contributed by atoms with Crippen molar-refractivity contribution < 1.29 is 14.6 Å². The molecule has 0 saturated heterocycles. The van der Waals surface area contributed by atoms with Gasteiger partial charge in [-0.05, 0) is 32.7 Å². The lowest BCUT2D eigenvalue weighted by atomic mass is 9.96. The van der Waals surface area contributed by atoms with Crippen LogP contribution in [0.15, 0.2) is 0 Å². The zero-order chi connectivity index (χ0) is 12.9. The molecule has 2 unspecified atom stereocenters. The van der Waals surface area contributed by atoms with Crippen LogP contribution in [-0.4, -0.2) is 47.9 Å². The Morgan fingerprint density at radius 3 is 2.71 bits per heavy atom. The number of thioether (sulfide) groups is 1. The molecule has 0 aromatic carbocycles. The second kappa shape index (κ2) is 6.61. The van der Waals surface area contributed by atoms with E-state index in [4.69, 9.17) is 9.84 Å². The largest absolute Gasteiger partial charge is 0.465 e. The van der Waals surface area contributed by atoms with Crippen LogP contribution in [0, 0.1) is 5.92 Å². The van der Waals surface area contributed by atoms with Gasteiger partial charge in [0.1, 0.15) is 5.54 Å². The number of esters is 1. The molecule has 100 valence electrons. The summed E-state index contributed by atoms with van der Waals surface area (Å²) in [4.78, 5) is 12.1. The molecule has 0 spiro atoms. The van der Waals surface area contributed by atoms with Crippen molar-refractivity contribution >= 4 is 17.7 Å². The number of aliphatic hydroxyl groups is 1. The number of aliphatic hydroxyl groups excluding tert-OH is 1. The average Bonchev–Trinajstić information content (AvgIpc) is 3.15. The molecule has 2 atom stereocenters. The fraction of sp³-hybridized carbons (Fsp3) is 0.917. The van der Waals surface area contributed by atoms with Crippen molar-refractivity contribution in [3.63, 3.8) is 0 Å². The summed E-state index contributed by atoms with van der Waals surface area (Å²) in [5.74, 6) is 0.891. The van der Waals surface area contributed by atoms with Gasteiger partial charge in [0.15, 0.2) is 0 Å². The van der Waals surface area contributed by atoms with E-state index in [-0.39, 0.29) is 17.8 Å². The van der Waals surface area contributed by atoms with Gasteiger partial charge in [0, 0.05) is 11.0 Å². The highest BCUT2D eigenvalue weighted by atomic mass is 32.2. The number of carbonyl (C=O) groups is 1. The summed E-state index contributed by atoms with van der Waals surface area (Å²) in [6.45, 7) is 4.34.